The molecule has 190 valence electrons. The third kappa shape index (κ3) is 5.09. The quantitative estimate of drug-likeness (QED) is 0.336. The molecular formula is C24H28F2N8O2. The monoisotopic (exact) mass is 498 g/mol. The third-order valence-electron chi connectivity index (χ3n) is 6.07. The van der Waals surface area contributed by atoms with E-state index in [1.807, 2.05) is 13.0 Å². The van der Waals surface area contributed by atoms with Crippen LogP contribution in [0.3, 0.4) is 0 Å². The van der Waals surface area contributed by atoms with Crippen LogP contribution < -0.4 is 15.0 Å². The van der Waals surface area contributed by atoms with Crippen molar-refractivity contribution in [1.82, 2.24) is 30.0 Å². The minimum Gasteiger partial charge on any atom is -0.421 e. The highest BCUT2D eigenvalue weighted by atomic mass is 19.1. The van der Waals surface area contributed by atoms with Crippen molar-refractivity contribution in [1.29, 1.82) is 0 Å². The molecule has 10 nitrogen and oxygen atoms in total. The van der Waals surface area contributed by atoms with E-state index in [-0.39, 0.29) is 22.7 Å². The molecule has 0 amide bonds. The fourth-order valence-corrected chi connectivity index (χ4v) is 4.23. The van der Waals surface area contributed by atoms with Gasteiger partial charge in [-0.25, -0.2) is 8.78 Å². The number of H-pyrrole nitrogens is 2. The molecule has 1 aliphatic rings. The molecule has 0 atom stereocenters. The number of hydrogen-bond donors (Lipinski definition) is 3. The first kappa shape index (κ1) is 23.9. The van der Waals surface area contributed by atoms with E-state index in [4.69, 9.17) is 9.47 Å². The van der Waals surface area contributed by atoms with Gasteiger partial charge in [0.25, 0.3) is 0 Å². The Morgan fingerprint density at radius 2 is 1.81 bits per heavy atom. The van der Waals surface area contributed by atoms with E-state index in [0.717, 1.165) is 44.5 Å². The Labute approximate surface area is 206 Å². The zero-order valence-electron chi connectivity index (χ0n) is 20.4. The van der Waals surface area contributed by atoms with Crippen LogP contribution >= 0.6 is 0 Å². The van der Waals surface area contributed by atoms with Gasteiger partial charge in [0.15, 0.2) is 23.2 Å². The summed E-state index contributed by atoms with van der Waals surface area (Å²) in [4.78, 5) is 16.2. The lowest BCUT2D eigenvalue weighted by atomic mass is 10.2. The Kier molecular flexibility index (Phi) is 6.70. The maximum absolute atomic E-state index is 15.2. The summed E-state index contributed by atoms with van der Waals surface area (Å²) in [7, 11) is 1.69. The Hall–Kier alpha value is -3.77. The summed E-state index contributed by atoms with van der Waals surface area (Å²) in [5.41, 5.74) is 1.61. The molecule has 3 N–H and O–H groups in total. The first-order chi connectivity index (χ1) is 17.4. The summed E-state index contributed by atoms with van der Waals surface area (Å²) < 4.78 is 40.7. The number of aryl methyl sites for hydroxylation is 2. The SMILES string of the molecule is COCCN1CCN(c2cc(Nc3cc(C)[nH]n3)nc(Oc3cc(F)c4[nH]c(C)cc4c3F)n2)CC1. The van der Waals surface area contributed by atoms with E-state index in [1.54, 1.807) is 20.1 Å². The standard InChI is InChI=1S/C24H28F2N8O2/c1-14-10-16-22(26)18(12-17(25)23(16)27-14)36-24-29-19(28-20-11-15(2)31-32-20)13-21(30-24)34-6-4-33(5-7-34)8-9-35-3/h10-13,27H,4-9H2,1-3H3,(H2,28,29,30,31,32). The number of halogens is 2. The molecule has 0 unspecified atom stereocenters. The third-order valence-corrected chi connectivity index (χ3v) is 6.07. The molecule has 1 saturated heterocycles. The van der Waals surface area contributed by atoms with E-state index in [0.29, 0.717) is 29.8 Å². The lowest BCUT2D eigenvalue weighted by molar-refractivity contribution is 0.144. The van der Waals surface area contributed by atoms with Gasteiger partial charge < -0.3 is 24.7 Å². The van der Waals surface area contributed by atoms with E-state index >= 15 is 4.39 Å². The molecule has 4 aromatic rings. The van der Waals surface area contributed by atoms with Gasteiger partial charge in [0.05, 0.1) is 12.1 Å². The molecule has 36 heavy (non-hydrogen) atoms. The second kappa shape index (κ2) is 10.1. The predicted molar refractivity (Wildman–Crippen MR) is 132 cm³/mol. The van der Waals surface area contributed by atoms with Crippen molar-refractivity contribution in [2.75, 3.05) is 56.7 Å². The summed E-state index contributed by atoms with van der Waals surface area (Å²) in [5.74, 6) is -0.00323. The van der Waals surface area contributed by atoms with Crippen LogP contribution in [0.2, 0.25) is 0 Å². The average Bonchev–Trinajstić information content (AvgIpc) is 3.46. The number of nitrogens with zero attached hydrogens (tertiary/aromatic N) is 5. The number of nitrogens with one attached hydrogen (secondary N) is 3. The molecule has 1 aromatic carbocycles. The van der Waals surface area contributed by atoms with Crippen molar-refractivity contribution >= 4 is 28.4 Å². The summed E-state index contributed by atoms with van der Waals surface area (Å²) in [5, 5.41) is 10.3. The van der Waals surface area contributed by atoms with Gasteiger partial charge in [-0.05, 0) is 19.9 Å². The lowest BCUT2D eigenvalue weighted by Crippen LogP contribution is -2.47. The second-order valence-electron chi connectivity index (χ2n) is 8.79. The van der Waals surface area contributed by atoms with E-state index < -0.39 is 11.6 Å². The number of hydrogen-bond acceptors (Lipinski definition) is 8. The van der Waals surface area contributed by atoms with Gasteiger partial charge in [-0.2, -0.15) is 15.1 Å². The highest BCUT2D eigenvalue weighted by molar-refractivity contribution is 5.83. The van der Waals surface area contributed by atoms with Crippen LogP contribution in [-0.4, -0.2) is 76.5 Å². The molecule has 0 bridgehead atoms. The number of rotatable bonds is 8. The number of aromatic nitrogens is 5. The summed E-state index contributed by atoms with van der Waals surface area (Å²) >= 11 is 0. The van der Waals surface area contributed by atoms with E-state index in [2.05, 4.69) is 40.3 Å². The number of benzene rings is 1. The second-order valence-corrected chi connectivity index (χ2v) is 8.79. The van der Waals surface area contributed by atoms with Crippen molar-refractivity contribution in [2.45, 2.75) is 13.8 Å². The lowest BCUT2D eigenvalue weighted by Gasteiger charge is -2.35. The smallest absolute Gasteiger partial charge is 0.326 e. The molecule has 0 aliphatic carbocycles. The van der Waals surface area contributed by atoms with Gasteiger partial charge in [-0.3, -0.25) is 10.00 Å². The molecule has 12 heteroatoms. The number of anilines is 3. The van der Waals surface area contributed by atoms with Crippen LogP contribution in [-0.2, 0) is 4.74 Å². The maximum atomic E-state index is 15.2. The predicted octanol–water partition coefficient (Wildman–Crippen LogP) is 3.88. The Bertz CT molecular complexity index is 1360. The van der Waals surface area contributed by atoms with Crippen molar-refractivity contribution in [2.24, 2.45) is 0 Å². The van der Waals surface area contributed by atoms with Gasteiger partial charge in [-0.1, -0.05) is 0 Å². The van der Waals surface area contributed by atoms with E-state index in [1.165, 1.54) is 6.07 Å². The number of methoxy groups -OCH3 is 1. The summed E-state index contributed by atoms with van der Waals surface area (Å²) in [6.45, 7) is 8.31. The molecule has 4 heterocycles. The average molecular weight is 499 g/mol. The Balaban J connectivity index is 1.45. The van der Waals surface area contributed by atoms with Crippen LogP contribution in [0.1, 0.15) is 11.4 Å². The Morgan fingerprint density at radius 1 is 1.00 bits per heavy atom. The fourth-order valence-electron chi connectivity index (χ4n) is 4.23. The normalized spacial score (nSPS) is 14.5. The van der Waals surface area contributed by atoms with Crippen LogP contribution in [0.15, 0.2) is 24.3 Å². The van der Waals surface area contributed by atoms with Crippen LogP contribution in [0.5, 0.6) is 11.8 Å². The zero-order chi connectivity index (χ0) is 25.2. The van der Waals surface area contributed by atoms with Crippen molar-refractivity contribution in [3.63, 3.8) is 0 Å². The van der Waals surface area contributed by atoms with Crippen molar-refractivity contribution < 1.29 is 18.3 Å². The van der Waals surface area contributed by atoms with Gasteiger partial charge in [0.2, 0.25) is 0 Å². The number of piperazine rings is 1. The molecule has 1 fully saturated rings. The summed E-state index contributed by atoms with van der Waals surface area (Å²) in [6.07, 6.45) is 0. The van der Waals surface area contributed by atoms with Crippen LogP contribution in [0.4, 0.5) is 26.2 Å². The van der Waals surface area contributed by atoms with Gasteiger partial charge in [0.1, 0.15) is 11.6 Å². The Morgan fingerprint density at radius 3 is 2.53 bits per heavy atom. The fraction of sp³-hybridized carbons (Fsp3) is 0.375. The van der Waals surface area contributed by atoms with Crippen LogP contribution in [0.25, 0.3) is 10.9 Å². The largest absolute Gasteiger partial charge is 0.421 e. The first-order valence-corrected chi connectivity index (χ1v) is 11.7. The number of aromatic amines is 2. The highest BCUT2D eigenvalue weighted by Crippen LogP contribution is 2.33. The van der Waals surface area contributed by atoms with Gasteiger partial charge in [0, 0.05) is 74.8 Å². The van der Waals surface area contributed by atoms with Crippen molar-refractivity contribution in [3.8, 4) is 11.8 Å². The minimum atomic E-state index is -0.686. The highest BCUT2D eigenvalue weighted by Gasteiger charge is 2.22. The van der Waals surface area contributed by atoms with Gasteiger partial charge >= 0.3 is 6.01 Å². The molecule has 0 saturated carbocycles. The number of fused-ring (bicyclic) bond motifs is 1. The maximum Gasteiger partial charge on any atom is 0.326 e. The van der Waals surface area contributed by atoms with Gasteiger partial charge in [-0.15, -0.1) is 0 Å². The van der Waals surface area contributed by atoms with Crippen LogP contribution in [0, 0.1) is 25.5 Å². The topological polar surface area (TPSA) is 107 Å². The minimum absolute atomic E-state index is 0.0922. The molecular weight excluding hydrogens is 470 g/mol. The molecule has 3 aromatic heterocycles. The first-order valence-electron chi connectivity index (χ1n) is 11.7. The molecule has 0 radical (unpaired) electrons. The number of ether oxygens (including phenoxy) is 2. The van der Waals surface area contributed by atoms with E-state index in [9.17, 15) is 4.39 Å². The molecule has 0 spiro atoms. The molecule has 1 aliphatic heterocycles. The molecule has 5 rings (SSSR count). The summed E-state index contributed by atoms with van der Waals surface area (Å²) in [6, 6.07) is 6.05. The van der Waals surface area contributed by atoms with Crippen molar-refractivity contribution in [3.05, 3.63) is 47.3 Å². The zero-order valence-corrected chi connectivity index (χ0v) is 20.4.